The molecule has 238 valence electrons. The van der Waals surface area contributed by atoms with Gasteiger partial charge in [-0.1, -0.05) is 43.5 Å². The van der Waals surface area contributed by atoms with Gasteiger partial charge in [0.1, 0.15) is 11.7 Å². The highest BCUT2D eigenvalue weighted by Crippen LogP contribution is 2.43. The number of nitrogens with zero attached hydrogens (tertiary/aromatic N) is 1. The predicted molar refractivity (Wildman–Crippen MR) is 165 cm³/mol. The van der Waals surface area contributed by atoms with E-state index in [0.29, 0.717) is 53.0 Å². The van der Waals surface area contributed by atoms with Gasteiger partial charge in [0.25, 0.3) is 11.8 Å². The Morgan fingerprint density at radius 1 is 1.11 bits per heavy atom. The van der Waals surface area contributed by atoms with Crippen LogP contribution in [-0.2, 0) is 23.9 Å². The maximum Gasteiger partial charge on any atom is 0.289 e. The van der Waals surface area contributed by atoms with Crippen molar-refractivity contribution in [1.29, 1.82) is 0 Å². The van der Waals surface area contributed by atoms with Crippen LogP contribution in [0.5, 0.6) is 0 Å². The number of carbonyl (C=O) groups excluding carboxylic acids is 5. The third-order valence-electron chi connectivity index (χ3n) is 8.83. The largest absolute Gasteiger partial charge is 0.379 e. The summed E-state index contributed by atoms with van der Waals surface area (Å²) in [5.41, 5.74) is 0.878. The molecular weight excluding hydrogens is 609 g/mol. The van der Waals surface area contributed by atoms with E-state index in [1.165, 1.54) is 0 Å². The number of nitrogens with one attached hydrogen (secondary N) is 4. The number of hydrogen-bond donors (Lipinski definition) is 4. The highest BCUT2D eigenvalue weighted by Gasteiger charge is 2.50. The van der Waals surface area contributed by atoms with E-state index in [-0.39, 0.29) is 48.9 Å². The molecular formula is C31H39Cl2N5O6. The van der Waals surface area contributed by atoms with Crippen LogP contribution >= 0.6 is 23.2 Å². The van der Waals surface area contributed by atoms with Crippen molar-refractivity contribution in [2.45, 2.75) is 58.0 Å². The summed E-state index contributed by atoms with van der Waals surface area (Å²) in [7, 11) is 0. The van der Waals surface area contributed by atoms with Gasteiger partial charge in [-0.2, -0.15) is 0 Å². The number of carbonyl (C=O) groups is 5. The molecule has 1 unspecified atom stereocenters. The van der Waals surface area contributed by atoms with Crippen LogP contribution in [0.1, 0.15) is 56.4 Å². The summed E-state index contributed by atoms with van der Waals surface area (Å²) in [6.07, 6.45) is 3.07. The first-order chi connectivity index (χ1) is 21.0. The van der Waals surface area contributed by atoms with Crippen molar-refractivity contribution in [3.63, 3.8) is 0 Å². The van der Waals surface area contributed by atoms with E-state index in [1.807, 2.05) is 13.8 Å². The predicted octanol–water partition coefficient (Wildman–Crippen LogP) is 3.08. The summed E-state index contributed by atoms with van der Waals surface area (Å²) in [5.74, 6) is -2.90. The number of ether oxygens (including phenoxy) is 1. The molecule has 13 heteroatoms. The van der Waals surface area contributed by atoms with Gasteiger partial charge in [-0.3, -0.25) is 24.0 Å². The number of benzene rings is 1. The molecule has 3 heterocycles. The lowest BCUT2D eigenvalue weighted by atomic mass is 9.91. The Morgan fingerprint density at radius 2 is 1.91 bits per heavy atom. The quantitative estimate of drug-likeness (QED) is 0.205. The van der Waals surface area contributed by atoms with Crippen molar-refractivity contribution >= 4 is 63.5 Å². The molecule has 1 aromatic carbocycles. The second kappa shape index (κ2) is 13.9. The Labute approximate surface area is 266 Å². The molecule has 5 rings (SSSR count). The van der Waals surface area contributed by atoms with Gasteiger partial charge in [-0.05, 0) is 61.6 Å². The van der Waals surface area contributed by atoms with E-state index in [9.17, 15) is 24.0 Å². The number of rotatable bonds is 12. The highest BCUT2D eigenvalue weighted by molar-refractivity contribution is 6.39. The molecule has 4 N–H and O–H groups in total. The van der Waals surface area contributed by atoms with E-state index in [4.69, 9.17) is 27.9 Å². The molecule has 1 aliphatic carbocycles. The number of Topliss-reactive ketones (excluding diaryl/α,β-unsaturated/α-hetero) is 1. The summed E-state index contributed by atoms with van der Waals surface area (Å²) < 4.78 is 5.48. The van der Waals surface area contributed by atoms with Crippen molar-refractivity contribution in [3.8, 4) is 0 Å². The Kier molecular flexibility index (Phi) is 10.2. The summed E-state index contributed by atoms with van der Waals surface area (Å²) in [6.45, 7) is 5.78. The van der Waals surface area contributed by atoms with Gasteiger partial charge in [-0.25, -0.2) is 0 Å². The first-order valence-corrected chi connectivity index (χ1v) is 16.1. The van der Waals surface area contributed by atoms with Crippen LogP contribution in [0.25, 0.3) is 10.9 Å². The molecule has 4 amide bonds. The summed E-state index contributed by atoms with van der Waals surface area (Å²) in [6, 6.07) is 2.87. The van der Waals surface area contributed by atoms with E-state index in [0.717, 1.165) is 19.3 Å². The van der Waals surface area contributed by atoms with Gasteiger partial charge in [-0.15, -0.1) is 0 Å². The number of ketones is 1. The van der Waals surface area contributed by atoms with Gasteiger partial charge >= 0.3 is 0 Å². The lowest BCUT2D eigenvalue weighted by Gasteiger charge is -2.29. The number of aromatic nitrogens is 1. The van der Waals surface area contributed by atoms with Crippen molar-refractivity contribution in [2.75, 3.05) is 32.8 Å². The smallest absolute Gasteiger partial charge is 0.289 e. The molecule has 0 radical (unpaired) electrons. The Balaban J connectivity index is 1.33. The molecule has 2 aliphatic heterocycles. The second-order valence-corrected chi connectivity index (χ2v) is 13.3. The van der Waals surface area contributed by atoms with Gasteiger partial charge in [0.2, 0.25) is 17.6 Å². The van der Waals surface area contributed by atoms with Crippen LogP contribution in [0.2, 0.25) is 10.0 Å². The van der Waals surface area contributed by atoms with Crippen molar-refractivity contribution < 1.29 is 28.7 Å². The molecule has 5 atom stereocenters. The first kappa shape index (κ1) is 32.2. The maximum absolute atomic E-state index is 14.0. The minimum Gasteiger partial charge on any atom is -0.379 e. The molecule has 3 fully saturated rings. The molecule has 1 aromatic heterocycles. The van der Waals surface area contributed by atoms with E-state index in [2.05, 4.69) is 20.9 Å². The van der Waals surface area contributed by atoms with Crippen molar-refractivity contribution in [3.05, 3.63) is 33.9 Å². The zero-order chi connectivity index (χ0) is 31.5. The van der Waals surface area contributed by atoms with Crippen molar-refractivity contribution in [2.24, 2.45) is 23.7 Å². The van der Waals surface area contributed by atoms with Crippen LogP contribution < -0.4 is 16.0 Å². The Bertz CT molecular complexity index is 1440. The third-order valence-corrected chi connectivity index (χ3v) is 9.36. The molecule has 0 bridgehead atoms. The van der Waals surface area contributed by atoms with Crippen LogP contribution in [0.15, 0.2) is 18.2 Å². The van der Waals surface area contributed by atoms with Gasteiger partial charge in [0, 0.05) is 48.1 Å². The molecule has 0 spiro atoms. The monoisotopic (exact) mass is 647 g/mol. The number of amides is 4. The number of fused-ring (bicyclic) bond motifs is 2. The molecule has 44 heavy (non-hydrogen) atoms. The minimum absolute atomic E-state index is 0.0102. The summed E-state index contributed by atoms with van der Waals surface area (Å²) in [5, 5.41) is 9.57. The molecule has 11 nitrogen and oxygen atoms in total. The molecule has 1 saturated carbocycles. The lowest BCUT2D eigenvalue weighted by Crippen LogP contribution is -2.55. The number of hydrogen-bond acceptors (Lipinski definition) is 6. The molecule has 2 saturated heterocycles. The first-order valence-electron chi connectivity index (χ1n) is 15.3. The topological polar surface area (TPSA) is 150 Å². The average molecular weight is 649 g/mol. The second-order valence-electron chi connectivity index (χ2n) is 12.5. The third kappa shape index (κ3) is 7.05. The average Bonchev–Trinajstić information content (AvgIpc) is 3.75. The minimum atomic E-state index is -1.22. The lowest BCUT2D eigenvalue weighted by molar-refractivity contribution is -0.141. The van der Waals surface area contributed by atoms with Gasteiger partial charge in [0.15, 0.2) is 0 Å². The SMILES string of the molecule is CC(C)COCCNC(=O)C(=O)C(C[C@@H]1CCNC1=O)NC(=O)[C@@H]1[C@H]2CCC[C@H]2CN1C(=O)c1cc2c(Cl)cc(Cl)cc2[nH]1. The fourth-order valence-corrected chi connectivity index (χ4v) is 7.27. The summed E-state index contributed by atoms with van der Waals surface area (Å²) >= 11 is 12.5. The van der Waals surface area contributed by atoms with Crippen LogP contribution in [0.4, 0.5) is 0 Å². The Morgan fingerprint density at radius 3 is 2.64 bits per heavy atom. The normalized spacial score (nSPS) is 23.6. The van der Waals surface area contributed by atoms with Gasteiger partial charge < -0.3 is 30.6 Å². The molecule has 3 aliphatic rings. The molecule has 2 aromatic rings. The fourth-order valence-electron chi connectivity index (χ4n) is 6.72. The van der Waals surface area contributed by atoms with E-state index >= 15 is 0 Å². The van der Waals surface area contributed by atoms with E-state index < -0.39 is 35.6 Å². The number of H-pyrrole nitrogens is 1. The zero-order valence-corrected chi connectivity index (χ0v) is 26.4. The van der Waals surface area contributed by atoms with Crippen LogP contribution in [0.3, 0.4) is 0 Å². The van der Waals surface area contributed by atoms with Crippen molar-refractivity contribution in [1.82, 2.24) is 25.8 Å². The number of aromatic amines is 1. The van der Waals surface area contributed by atoms with Gasteiger partial charge in [0.05, 0.1) is 17.7 Å². The zero-order valence-electron chi connectivity index (χ0n) is 24.9. The number of halogens is 2. The number of likely N-dealkylation sites (tertiary alicyclic amines) is 1. The highest BCUT2D eigenvalue weighted by atomic mass is 35.5. The van der Waals surface area contributed by atoms with Crippen LogP contribution in [-0.4, -0.2) is 84.2 Å². The Hall–Kier alpha value is -3.15. The van der Waals surface area contributed by atoms with Crippen LogP contribution in [0, 0.1) is 23.7 Å². The standard InChI is InChI=1S/C31H39Cl2N5O6/c1-16(2)15-44-9-8-35-30(42)27(39)24(10-17-6-7-34-28(17)40)37-29(41)26-20-5-3-4-18(20)14-38(26)31(43)25-13-21-22(33)11-19(32)12-23(21)36-25/h11-13,16-18,20,24,26,36H,3-10,14-15H2,1-2H3,(H,34,40)(H,35,42)(H,37,41)/t17-,18-,20-,24?,26-/m0/s1. The fraction of sp³-hybridized carbons (Fsp3) is 0.581. The maximum atomic E-state index is 14.0. The van der Waals surface area contributed by atoms with E-state index in [1.54, 1.807) is 23.1 Å². The summed E-state index contributed by atoms with van der Waals surface area (Å²) in [4.78, 5) is 71.1.